The molecule has 0 saturated heterocycles. The van der Waals surface area contributed by atoms with Crippen molar-refractivity contribution in [3.63, 3.8) is 0 Å². The molecule has 0 unspecified atom stereocenters. The Bertz CT molecular complexity index is 1170. The van der Waals surface area contributed by atoms with Gasteiger partial charge in [-0.05, 0) is 43.9 Å². The van der Waals surface area contributed by atoms with Gasteiger partial charge in [-0.25, -0.2) is 9.78 Å². The smallest absolute Gasteiger partial charge is 0.339 e. The van der Waals surface area contributed by atoms with E-state index in [0.29, 0.717) is 28.8 Å². The molecule has 4 rings (SSSR count). The number of nitrogens with zero attached hydrogens (tertiary/aromatic N) is 1. The molecule has 1 aliphatic rings. The second kappa shape index (κ2) is 8.66. The van der Waals surface area contributed by atoms with Crippen LogP contribution in [-0.2, 0) is 33.6 Å². The maximum Gasteiger partial charge on any atom is 0.339 e. The molecule has 2 aromatic heterocycles. The third-order valence-corrected chi connectivity index (χ3v) is 5.55. The van der Waals surface area contributed by atoms with Gasteiger partial charge >= 0.3 is 11.6 Å². The molecule has 156 valence electrons. The highest BCUT2D eigenvalue weighted by atomic mass is 32.1. The molecule has 8 nitrogen and oxygen atoms in total. The van der Waals surface area contributed by atoms with Crippen molar-refractivity contribution in [2.24, 2.45) is 0 Å². The summed E-state index contributed by atoms with van der Waals surface area (Å²) in [5.41, 5.74) is 2.51. The lowest BCUT2D eigenvalue weighted by Gasteiger charge is -2.08. The molecule has 9 heteroatoms. The number of carbonyl (C=O) groups is 2. The Morgan fingerprint density at radius 1 is 1.27 bits per heavy atom. The first-order chi connectivity index (χ1) is 14.5. The van der Waals surface area contributed by atoms with E-state index >= 15 is 0 Å². The Morgan fingerprint density at radius 3 is 2.93 bits per heavy atom. The van der Waals surface area contributed by atoms with E-state index in [1.165, 1.54) is 11.3 Å². The van der Waals surface area contributed by atoms with Crippen LogP contribution in [0.15, 0.2) is 32.8 Å². The number of carbonyl (C=O) groups excluding carboxylic acids is 2. The fraction of sp³-hybridized carbons (Fsp3) is 0.333. The number of benzene rings is 1. The number of amides is 1. The van der Waals surface area contributed by atoms with Gasteiger partial charge in [0.15, 0.2) is 11.7 Å². The number of fused-ring (bicyclic) bond motifs is 3. The van der Waals surface area contributed by atoms with Gasteiger partial charge in [0.1, 0.15) is 11.3 Å². The van der Waals surface area contributed by atoms with Crippen LogP contribution in [0.1, 0.15) is 30.2 Å². The Labute approximate surface area is 175 Å². The van der Waals surface area contributed by atoms with Gasteiger partial charge in [0.2, 0.25) is 0 Å². The summed E-state index contributed by atoms with van der Waals surface area (Å²) in [6, 6.07) is 5.25. The highest BCUT2D eigenvalue weighted by Crippen LogP contribution is 2.29. The van der Waals surface area contributed by atoms with E-state index in [9.17, 15) is 14.4 Å². The number of aromatic nitrogens is 1. The molecular formula is C21H20N2O6S. The van der Waals surface area contributed by atoms with Gasteiger partial charge in [0.05, 0.1) is 18.7 Å². The van der Waals surface area contributed by atoms with Crippen molar-refractivity contribution in [2.75, 3.05) is 18.5 Å². The van der Waals surface area contributed by atoms with Crippen LogP contribution in [0.3, 0.4) is 0 Å². The lowest BCUT2D eigenvalue weighted by molar-refractivity contribution is -0.142. The monoisotopic (exact) mass is 428 g/mol. The van der Waals surface area contributed by atoms with E-state index in [4.69, 9.17) is 13.9 Å². The van der Waals surface area contributed by atoms with Crippen LogP contribution in [0.25, 0.3) is 11.0 Å². The number of thiazole rings is 1. The maximum atomic E-state index is 12.2. The summed E-state index contributed by atoms with van der Waals surface area (Å²) in [4.78, 5) is 39.9. The maximum absolute atomic E-state index is 12.2. The minimum absolute atomic E-state index is 0.0582. The summed E-state index contributed by atoms with van der Waals surface area (Å²) >= 11 is 1.22. The molecule has 2 heterocycles. The molecule has 30 heavy (non-hydrogen) atoms. The first-order valence-corrected chi connectivity index (χ1v) is 10.5. The summed E-state index contributed by atoms with van der Waals surface area (Å²) in [6.07, 6.45) is 2.63. The van der Waals surface area contributed by atoms with Crippen LogP contribution in [0, 0.1) is 0 Å². The van der Waals surface area contributed by atoms with E-state index in [2.05, 4.69) is 10.3 Å². The zero-order valence-electron chi connectivity index (χ0n) is 16.4. The standard InChI is InChI=1S/C21H20N2O6S/c1-2-27-19(25)8-12-11-30-21(22-12)23-18(24)10-28-13-6-7-15-14-4-3-5-16(14)20(26)29-17(15)9-13/h6-7,9,11H,2-5,8,10H2,1H3,(H,22,23,24). The number of hydrogen-bond acceptors (Lipinski definition) is 8. The fourth-order valence-electron chi connectivity index (χ4n) is 3.46. The molecular weight excluding hydrogens is 408 g/mol. The van der Waals surface area contributed by atoms with Crippen LogP contribution < -0.4 is 15.7 Å². The predicted molar refractivity (Wildman–Crippen MR) is 111 cm³/mol. The Hall–Kier alpha value is -3.20. The van der Waals surface area contributed by atoms with Gasteiger partial charge in [0.25, 0.3) is 5.91 Å². The van der Waals surface area contributed by atoms with Gasteiger partial charge in [-0.2, -0.15) is 0 Å². The van der Waals surface area contributed by atoms with E-state index in [1.54, 1.807) is 24.4 Å². The van der Waals surface area contributed by atoms with Gasteiger partial charge in [0, 0.05) is 22.4 Å². The molecule has 1 aromatic carbocycles. The minimum atomic E-state index is -0.387. The van der Waals surface area contributed by atoms with E-state index in [1.807, 2.05) is 6.07 Å². The van der Waals surface area contributed by atoms with Crippen LogP contribution in [-0.4, -0.2) is 30.1 Å². The number of rotatable bonds is 7. The van der Waals surface area contributed by atoms with Crippen molar-refractivity contribution >= 4 is 39.3 Å². The summed E-state index contributed by atoms with van der Waals surface area (Å²) in [7, 11) is 0. The molecule has 1 amide bonds. The second-order valence-corrected chi connectivity index (χ2v) is 7.68. The molecule has 0 atom stereocenters. The molecule has 3 aromatic rings. The van der Waals surface area contributed by atoms with Crippen LogP contribution in [0.4, 0.5) is 5.13 Å². The van der Waals surface area contributed by atoms with Gasteiger partial charge in [-0.3, -0.25) is 14.9 Å². The van der Waals surface area contributed by atoms with Crippen LogP contribution in [0.5, 0.6) is 5.75 Å². The van der Waals surface area contributed by atoms with Gasteiger partial charge in [-0.1, -0.05) is 0 Å². The third kappa shape index (κ3) is 4.35. The van der Waals surface area contributed by atoms with Crippen molar-refractivity contribution in [2.45, 2.75) is 32.6 Å². The second-order valence-electron chi connectivity index (χ2n) is 6.82. The Balaban J connectivity index is 1.37. The number of aryl methyl sites for hydroxylation is 1. The Kier molecular flexibility index (Phi) is 5.80. The highest BCUT2D eigenvalue weighted by molar-refractivity contribution is 7.13. The summed E-state index contributed by atoms with van der Waals surface area (Å²) < 4.78 is 15.8. The van der Waals surface area contributed by atoms with Crippen molar-refractivity contribution in [1.82, 2.24) is 4.98 Å². The number of esters is 1. The van der Waals surface area contributed by atoms with Crippen LogP contribution in [0.2, 0.25) is 0 Å². The average Bonchev–Trinajstić information content (AvgIpc) is 3.36. The number of hydrogen-bond donors (Lipinski definition) is 1. The zero-order valence-corrected chi connectivity index (χ0v) is 17.2. The lowest BCUT2D eigenvalue weighted by atomic mass is 10.1. The van der Waals surface area contributed by atoms with Crippen molar-refractivity contribution in [1.29, 1.82) is 0 Å². The van der Waals surface area contributed by atoms with E-state index < -0.39 is 0 Å². The molecule has 0 spiro atoms. The molecule has 0 aliphatic heterocycles. The molecule has 0 fully saturated rings. The van der Waals surface area contributed by atoms with Gasteiger partial charge in [-0.15, -0.1) is 11.3 Å². The van der Waals surface area contributed by atoms with Crippen molar-refractivity contribution < 1.29 is 23.5 Å². The number of nitrogens with one attached hydrogen (secondary N) is 1. The third-order valence-electron chi connectivity index (χ3n) is 4.74. The van der Waals surface area contributed by atoms with Crippen LogP contribution >= 0.6 is 11.3 Å². The zero-order chi connectivity index (χ0) is 21.1. The summed E-state index contributed by atoms with van der Waals surface area (Å²) in [5.74, 6) is -0.318. The number of ether oxygens (including phenoxy) is 2. The largest absolute Gasteiger partial charge is 0.484 e. The van der Waals surface area contributed by atoms with E-state index in [-0.39, 0.29) is 30.5 Å². The topological polar surface area (TPSA) is 108 Å². The minimum Gasteiger partial charge on any atom is -0.484 e. The normalized spacial score (nSPS) is 12.6. The summed E-state index contributed by atoms with van der Waals surface area (Å²) in [6.45, 7) is 1.82. The Morgan fingerprint density at radius 2 is 2.10 bits per heavy atom. The molecule has 1 aliphatic carbocycles. The van der Waals surface area contributed by atoms with Crippen molar-refractivity contribution in [3.05, 3.63) is 50.8 Å². The molecule has 0 saturated carbocycles. The number of anilines is 1. The molecule has 0 radical (unpaired) electrons. The predicted octanol–water partition coefficient (Wildman–Crippen LogP) is 2.86. The highest BCUT2D eigenvalue weighted by Gasteiger charge is 2.20. The first kappa shape index (κ1) is 20.1. The first-order valence-electron chi connectivity index (χ1n) is 9.64. The quantitative estimate of drug-likeness (QED) is 0.455. The summed E-state index contributed by atoms with van der Waals surface area (Å²) in [5, 5.41) is 5.62. The fourth-order valence-corrected chi connectivity index (χ4v) is 4.19. The van der Waals surface area contributed by atoms with Crippen molar-refractivity contribution in [3.8, 4) is 5.75 Å². The van der Waals surface area contributed by atoms with E-state index in [0.717, 1.165) is 35.8 Å². The average molecular weight is 428 g/mol. The molecule has 1 N–H and O–H groups in total. The molecule has 0 bridgehead atoms. The van der Waals surface area contributed by atoms with Gasteiger partial charge < -0.3 is 13.9 Å². The lowest BCUT2D eigenvalue weighted by Crippen LogP contribution is -2.20. The SMILES string of the molecule is CCOC(=O)Cc1csc(NC(=O)COc2ccc3c4c(c(=O)oc3c2)CCC4)n1.